The van der Waals surface area contributed by atoms with Gasteiger partial charge in [-0.15, -0.1) is 0 Å². The summed E-state index contributed by atoms with van der Waals surface area (Å²) in [4.78, 5) is 111. The van der Waals surface area contributed by atoms with Crippen molar-refractivity contribution in [3.05, 3.63) is 0 Å². The second-order valence-electron chi connectivity index (χ2n) is 23.2. The maximum absolute atomic E-state index is 13.8. The van der Waals surface area contributed by atoms with E-state index in [1.165, 1.54) is 9.80 Å². The number of rotatable bonds is 43. The zero-order valence-electron chi connectivity index (χ0n) is 48.6. The first-order valence-corrected chi connectivity index (χ1v) is 29.6. The number of esters is 2. The largest absolute Gasteiger partial charge is 0.465 e. The molecule has 20 nitrogen and oxygen atoms in total. The summed E-state index contributed by atoms with van der Waals surface area (Å²) in [6.45, 7) is 20.1. The molecule has 0 aromatic heterocycles. The number of urea groups is 1. The minimum atomic E-state index is -1.09. The van der Waals surface area contributed by atoms with Crippen molar-refractivity contribution in [2.24, 2.45) is 16.7 Å². The molecular weight excluding hydrogens is 991 g/mol. The molecule has 77 heavy (non-hydrogen) atoms. The predicted molar refractivity (Wildman–Crippen MR) is 294 cm³/mol. The quantitative estimate of drug-likeness (QED) is 0.0146. The monoisotopic (exact) mass is 1090 g/mol. The summed E-state index contributed by atoms with van der Waals surface area (Å²) in [6.07, 6.45) is 14.5. The maximum atomic E-state index is 13.8. The number of hydrogen-bond acceptors (Lipinski definition) is 14. The molecule has 6 atom stereocenters. The molecule has 0 aromatic rings. The highest BCUT2D eigenvalue weighted by atomic mass is 16.6. The first-order valence-electron chi connectivity index (χ1n) is 29.6. The molecule has 0 bridgehead atoms. The van der Waals surface area contributed by atoms with Crippen LogP contribution in [0.1, 0.15) is 203 Å². The van der Waals surface area contributed by atoms with Crippen LogP contribution in [0.25, 0.3) is 0 Å². The summed E-state index contributed by atoms with van der Waals surface area (Å²) in [5, 5.41) is 16.8. The molecule has 20 heteroatoms. The van der Waals surface area contributed by atoms with Gasteiger partial charge in [0.1, 0.15) is 19.1 Å². The molecule has 3 heterocycles. The Bertz CT molecular complexity index is 1720. The molecule has 6 unspecified atom stereocenters. The van der Waals surface area contributed by atoms with Gasteiger partial charge in [-0.3, -0.25) is 38.8 Å². The number of alkyl carbamates (subject to hydrolysis) is 2. The van der Waals surface area contributed by atoms with Crippen LogP contribution < -0.4 is 16.0 Å². The van der Waals surface area contributed by atoms with E-state index >= 15 is 0 Å². The summed E-state index contributed by atoms with van der Waals surface area (Å²) < 4.78 is 22.8. The number of barbiturate groups is 1. The normalized spacial score (nSPS) is 20.1. The van der Waals surface area contributed by atoms with Crippen molar-refractivity contribution in [3.8, 4) is 0 Å². The number of carbonyl (C=O) groups is 8. The third kappa shape index (κ3) is 26.7. The molecule has 3 fully saturated rings. The Hall–Kier alpha value is -4.72. The molecule has 0 aromatic carbocycles. The molecule has 442 valence electrons. The van der Waals surface area contributed by atoms with E-state index in [0.29, 0.717) is 115 Å². The van der Waals surface area contributed by atoms with Gasteiger partial charge in [-0.25, -0.2) is 19.2 Å². The van der Waals surface area contributed by atoms with Gasteiger partial charge >= 0.3 is 36.2 Å². The molecule has 4 N–H and O–H groups in total. The lowest BCUT2D eigenvalue weighted by atomic mass is 9.87. The number of nitrogens with zero attached hydrogens (tertiary/aromatic N) is 4. The van der Waals surface area contributed by atoms with Crippen molar-refractivity contribution in [2.45, 2.75) is 227 Å². The van der Waals surface area contributed by atoms with Crippen LogP contribution in [0.5, 0.6) is 0 Å². The molecule has 3 saturated heterocycles. The Morgan fingerprint density at radius 3 is 1.29 bits per heavy atom. The van der Waals surface area contributed by atoms with Crippen LogP contribution in [-0.4, -0.2) is 169 Å². The zero-order valence-corrected chi connectivity index (χ0v) is 48.6. The number of amides is 7. The average molecular weight is 1090 g/mol. The Labute approximate surface area is 460 Å². The fourth-order valence-electron chi connectivity index (χ4n) is 9.55. The minimum Gasteiger partial charge on any atom is -0.465 e. The summed E-state index contributed by atoms with van der Waals surface area (Å²) in [5.74, 6) is -2.57. The van der Waals surface area contributed by atoms with E-state index in [9.17, 15) is 38.4 Å². The van der Waals surface area contributed by atoms with E-state index in [1.54, 1.807) is 0 Å². The van der Waals surface area contributed by atoms with Crippen molar-refractivity contribution < 1.29 is 62.4 Å². The first-order chi connectivity index (χ1) is 36.7. The molecule has 0 radical (unpaired) electrons. The van der Waals surface area contributed by atoms with E-state index in [2.05, 4.69) is 53.4 Å². The van der Waals surface area contributed by atoms with Crippen LogP contribution in [0.3, 0.4) is 0 Å². The number of ether oxygens (including phenoxy) is 4. The van der Waals surface area contributed by atoms with Crippen molar-refractivity contribution in [2.75, 3.05) is 72.1 Å². The summed E-state index contributed by atoms with van der Waals surface area (Å²) in [6, 6.07) is 0.141. The summed E-state index contributed by atoms with van der Waals surface area (Å²) in [5.41, 5.74) is -1.25. The third-order valence-electron chi connectivity index (χ3n) is 15.1. The SMILES string of the molecule is CCCCCCC(C)(C)C(=O)OCC(CN1CC1C)OC(=O)NCCCCCCN1C(=O)C(CCCCCCNC(=O)O)C(=O)N(CCCCCCNC(=O)OC(COC(=O)C(C)(C)CCCCCC)CN2CC2C)C1=O. The van der Waals surface area contributed by atoms with Crippen LogP contribution >= 0.6 is 0 Å². The Morgan fingerprint density at radius 1 is 0.545 bits per heavy atom. The number of hydrogen-bond donors (Lipinski definition) is 4. The zero-order chi connectivity index (χ0) is 56.8. The highest BCUT2D eigenvalue weighted by Gasteiger charge is 2.45. The fraction of sp³-hybridized carbons (Fsp3) is 0.860. The van der Waals surface area contributed by atoms with Gasteiger partial charge < -0.3 is 40.0 Å². The van der Waals surface area contributed by atoms with Gasteiger partial charge in [0.25, 0.3) is 0 Å². The van der Waals surface area contributed by atoms with Crippen LogP contribution in [0.15, 0.2) is 0 Å². The van der Waals surface area contributed by atoms with E-state index in [0.717, 1.165) is 83.7 Å². The topological polar surface area (TPSA) is 242 Å². The van der Waals surface area contributed by atoms with Gasteiger partial charge in [0.2, 0.25) is 11.8 Å². The Kier molecular flexibility index (Phi) is 30.9. The van der Waals surface area contributed by atoms with Gasteiger partial charge in [0, 0.05) is 71.0 Å². The third-order valence-corrected chi connectivity index (χ3v) is 15.1. The van der Waals surface area contributed by atoms with E-state index in [1.807, 2.05) is 27.7 Å². The second kappa shape index (κ2) is 35.7. The first kappa shape index (κ1) is 66.6. The van der Waals surface area contributed by atoms with Crippen LogP contribution in [-0.2, 0) is 38.1 Å². The molecule has 7 amide bonds. The van der Waals surface area contributed by atoms with E-state index in [4.69, 9.17) is 24.1 Å². The lowest BCUT2D eigenvalue weighted by Gasteiger charge is -2.37. The molecule has 0 saturated carbocycles. The van der Waals surface area contributed by atoms with Gasteiger partial charge in [-0.2, -0.15) is 0 Å². The number of carboxylic acid groups (broad SMARTS) is 1. The number of unbranched alkanes of at least 4 members (excludes halogenated alkanes) is 15. The lowest BCUT2D eigenvalue weighted by Crippen LogP contribution is -2.60. The summed E-state index contributed by atoms with van der Waals surface area (Å²) >= 11 is 0. The van der Waals surface area contributed by atoms with Crippen molar-refractivity contribution in [3.63, 3.8) is 0 Å². The molecule has 0 spiro atoms. The maximum Gasteiger partial charge on any atom is 0.407 e. The second-order valence-corrected chi connectivity index (χ2v) is 23.2. The highest BCUT2D eigenvalue weighted by molar-refractivity contribution is 6.16. The molecule has 3 aliphatic heterocycles. The lowest BCUT2D eigenvalue weighted by molar-refractivity contribution is -0.158. The molecule has 3 aliphatic rings. The van der Waals surface area contributed by atoms with Gasteiger partial charge in [0.05, 0.1) is 10.8 Å². The van der Waals surface area contributed by atoms with Gasteiger partial charge in [-0.1, -0.05) is 110 Å². The predicted octanol–water partition coefficient (Wildman–Crippen LogP) is 9.41. The van der Waals surface area contributed by atoms with Crippen molar-refractivity contribution in [1.29, 1.82) is 0 Å². The van der Waals surface area contributed by atoms with Crippen LogP contribution in [0, 0.1) is 16.7 Å². The number of nitrogens with one attached hydrogen (secondary N) is 3. The van der Waals surface area contributed by atoms with Crippen LogP contribution in [0.4, 0.5) is 19.2 Å². The number of imide groups is 2. The van der Waals surface area contributed by atoms with Gasteiger partial charge in [0.15, 0.2) is 12.2 Å². The molecule has 3 rings (SSSR count). The van der Waals surface area contributed by atoms with Gasteiger partial charge in [-0.05, 0) is 92.9 Å². The average Bonchev–Trinajstić information content (AvgIpc) is 4.29. The summed E-state index contributed by atoms with van der Waals surface area (Å²) in [7, 11) is 0. The van der Waals surface area contributed by atoms with E-state index < -0.39 is 65.1 Å². The number of carbonyl (C=O) groups excluding carboxylic acids is 7. The standard InChI is InChI=1S/C57H101N7O13/c1-9-11-13-22-30-56(5,6)50(67)74-41-45(39-61-37-43(61)3)76-53(71)59-33-25-17-19-27-35-63-48(65)47(29-21-15-16-24-32-58-52(69)70)49(66)64(55(63)73)36-28-20-18-26-34-60-54(72)77-46(40-62-38-44(62)4)42-75-51(68)57(7,8)31-23-14-12-10-2/h43-47,58H,9-42H2,1-8H3,(H,59,71)(H,60,72)(H,69,70). The highest BCUT2D eigenvalue weighted by Crippen LogP contribution is 2.29. The minimum absolute atomic E-state index is 0.0173. The Morgan fingerprint density at radius 2 is 0.909 bits per heavy atom. The van der Waals surface area contributed by atoms with Crippen molar-refractivity contribution >= 4 is 48.1 Å². The van der Waals surface area contributed by atoms with Crippen LogP contribution in [0.2, 0.25) is 0 Å². The fourth-order valence-corrected chi connectivity index (χ4v) is 9.55. The smallest absolute Gasteiger partial charge is 0.407 e. The van der Waals surface area contributed by atoms with E-state index in [-0.39, 0.29) is 44.7 Å². The van der Waals surface area contributed by atoms with Crippen molar-refractivity contribution in [1.82, 2.24) is 35.6 Å². The molecular formula is C57H101N7O13. The molecule has 0 aliphatic carbocycles. The Balaban J connectivity index is 1.44.